The summed E-state index contributed by atoms with van der Waals surface area (Å²) in [5.74, 6) is -2.08. The highest BCUT2D eigenvalue weighted by molar-refractivity contribution is 7.21. The van der Waals surface area contributed by atoms with Gasteiger partial charge in [-0.15, -0.1) is 11.3 Å². The van der Waals surface area contributed by atoms with Gasteiger partial charge in [0.15, 0.2) is 11.3 Å². The molecular formula is C21H14ClF5N6O2S. The highest BCUT2D eigenvalue weighted by atomic mass is 35.5. The number of halogens is 6. The Labute approximate surface area is 207 Å². The minimum atomic E-state index is -4.81. The standard InChI is InChI=1S/C21H14ClF5N6O2S/c1-6-4-10(21(25,26)27)33-18(29-6)12(22)14(32-33)19(35)31-13-11-8(7-2-3-7)5-9(16(23)24)30-20(11)36-15(13)17(28)34/h4-5,7,16H,2-3H2,1H3,(H2,28,34)(H,31,35). The Morgan fingerprint density at radius 1 is 1.25 bits per heavy atom. The molecule has 0 aliphatic heterocycles. The summed E-state index contributed by atoms with van der Waals surface area (Å²) in [6.07, 6.45) is -6.26. The van der Waals surface area contributed by atoms with Crippen LogP contribution in [-0.4, -0.2) is 31.4 Å². The van der Waals surface area contributed by atoms with Gasteiger partial charge in [0, 0.05) is 11.1 Å². The first-order valence-corrected chi connectivity index (χ1v) is 11.6. The van der Waals surface area contributed by atoms with E-state index in [1.165, 1.54) is 13.0 Å². The average molecular weight is 545 g/mol. The molecule has 1 saturated carbocycles. The van der Waals surface area contributed by atoms with E-state index >= 15 is 0 Å². The molecule has 1 aliphatic carbocycles. The van der Waals surface area contributed by atoms with Crippen LogP contribution < -0.4 is 11.1 Å². The molecular weight excluding hydrogens is 531 g/mol. The maximum absolute atomic E-state index is 13.5. The molecule has 0 radical (unpaired) electrons. The quantitative estimate of drug-likeness (QED) is 0.323. The maximum Gasteiger partial charge on any atom is 0.433 e. The molecule has 4 aromatic rings. The van der Waals surface area contributed by atoms with Crippen LogP contribution in [0, 0.1) is 6.92 Å². The third kappa shape index (κ3) is 4.03. The number of rotatable bonds is 5. The first kappa shape index (κ1) is 24.3. The van der Waals surface area contributed by atoms with Gasteiger partial charge in [0.2, 0.25) is 0 Å². The number of aryl methyl sites for hydroxylation is 1. The smallest absolute Gasteiger partial charge is 0.365 e. The zero-order valence-corrected chi connectivity index (χ0v) is 19.7. The van der Waals surface area contributed by atoms with Gasteiger partial charge in [-0.05, 0) is 43.4 Å². The first-order valence-electron chi connectivity index (χ1n) is 10.4. The molecule has 15 heteroatoms. The van der Waals surface area contributed by atoms with Gasteiger partial charge in [0.1, 0.15) is 26.1 Å². The van der Waals surface area contributed by atoms with E-state index in [-0.39, 0.29) is 38.0 Å². The lowest BCUT2D eigenvalue weighted by atomic mass is 10.0. The first-order chi connectivity index (χ1) is 16.9. The predicted octanol–water partition coefficient (Wildman–Crippen LogP) is 5.49. The second kappa shape index (κ2) is 8.34. The highest BCUT2D eigenvalue weighted by Crippen LogP contribution is 2.48. The maximum atomic E-state index is 13.5. The van der Waals surface area contributed by atoms with Crippen LogP contribution in [0.3, 0.4) is 0 Å². The van der Waals surface area contributed by atoms with Crippen LogP contribution in [0.5, 0.6) is 0 Å². The molecule has 0 saturated heterocycles. The number of anilines is 1. The minimum absolute atomic E-state index is 0.00147. The van der Waals surface area contributed by atoms with Gasteiger partial charge in [0.25, 0.3) is 18.2 Å². The number of thiophene rings is 1. The number of nitrogens with two attached hydrogens (primary N) is 1. The number of primary amides is 1. The van der Waals surface area contributed by atoms with Crippen molar-refractivity contribution in [2.45, 2.75) is 38.3 Å². The Balaban J connectivity index is 1.66. The molecule has 0 aromatic carbocycles. The van der Waals surface area contributed by atoms with Gasteiger partial charge in [-0.2, -0.15) is 18.3 Å². The Morgan fingerprint density at radius 2 is 1.94 bits per heavy atom. The van der Waals surface area contributed by atoms with Crippen LogP contribution in [0.15, 0.2) is 12.1 Å². The van der Waals surface area contributed by atoms with Crippen molar-refractivity contribution in [2.75, 3.05) is 5.32 Å². The van der Waals surface area contributed by atoms with Crippen molar-refractivity contribution in [1.82, 2.24) is 19.6 Å². The van der Waals surface area contributed by atoms with Gasteiger partial charge < -0.3 is 11.1 Å². The minimum Gasteiger partial charge on any atom is -0.365 e. The van der Waals surface area contributed by atoms with Crippen molar-refractivity contribution in [3.8, 4) is 0 Å². The number of carbonyl (C=O) groups is 2. The third-order valence-electron chi connectivity index (χ3n) is 5.58. The predicted molar refractivity (Wildman–Crippen MR) is 121 cm³/mol. The fourth-order valence-corrected chi connectivity index (χ4v) is 5.17. The molecule has 0 atom stereocenters. The van der Waals surface area contributed by atoms with Crippen LogP contribution in [0.25, 0.3) is 15.9 Å². The highest BCUT2D eigenvalue weighted by Gasteiger charge is 2.37. The van der Waals surface area contributed by atoms with Gasteiger partial charge in [-0.25, -0.2) is 23.3 Å². The molecule has 2 amide bonds. The van der Waals surface area contributed by atoms with Crippen LogP contribution in [0.4, 0.5) is 27.6 Å². The topological polar surface area (TPSA) is 115 Å². The van der Waals surface area contributed by atoms with Gasteiger partial charge in [0.05, 0.1) is 5.69 Å². The Bertz CT molecular complexity index is 1580. The third-order valence-corrected chi connectivity index (χ3v) is 7.03. The second-order valence-corrected chi connectivity index (χ2v) is 9.57. The Morgan fingerprint density at radius 3 is 2.53 bits per heavy atom. The summed E-state index contributed by atoms with van der Waals surface area (Å²) in [7, 11) is 0. The fraction of sp³-hybridized carbons (Fsp3) is 0.286. The lowest BCUT2D eigenvalue weighted by Gasteiger charge is -2.09. The van der Waals surface area contributed by atoms with E-state index < -0.39 is 46.5 Å². The van der Waals surface area contributed by atoms with Crippen LogP contribution in [0.2, 0.25) is 5.02 Å². The molecule has 0 bridgehead atoms. The number of aromatic nitrogens is 4. The molecule has 4 heterocycles. The Hall–Kier alpha value is -3.39. The number of hydrogen-bond acceptors (Lipinski definition) is 6. The van der Waals surface area contributed by atoms with Crippen molar-refractivity contribution < 1.29 is 31.5 Å². The number of nitrogens with one attached hydrogen (secondary N) is 1. The largest absolute Gasteiger partial charge is 0.433 e. The molecule has 3 N–H and O–H groups in total. The van der Waals surface area contributed by atoms with E-state index in [9.17, 15) is 31.5 Å². The van der Waals surface area contributed by atoms with E-state index in [0.29, 0.717) is 22.9 Å². The number of pyridine rings is 1. The normalized spacial score (nSPS) is 14.2. The van der Waals surface area contributed by atoms with Crippen molar-refractivity contribution in [2.24, 2.45) is 5.73 Å². The number of hydrogen-bond donors (Lipinski definition) is 2. The van der Waals surface area contributed by atoms with E-state index in [1.807, 2.05) is 0 Å². The number of amides is 2. The molecule has 188 valence electrons. The summed E-state index contributed by atoms with van der Waals surface area (Å²) in [5.41, 5.74) is 3.20. The monoisotopic (exact) mass is 544 g/mol. The van der Waals surface area contributed by atoms with E-state index in [4.69, 9.17) is 17.3 Å². The summed E-state index contributed by atoms with van der Waals surface area (Å²) >= 11 is 6.92. The lowest BCUT2D eigenvalue weighted by Crippen LogP contribution is -2.18. The summed E-state index contributed by atoms with van der Waals surface area (Å²) < 4.78 is 67.8. The zero-order chi connectivity index (χ0) is 26.1. The van der Waals surface area contributed by atoms with Gasteiger partial charge in [-0.1, -0.05) is 11.6 Å². The van der Waals surface area contributed by atoms with Crippen molar-refractivity contribution in [3.05, 3.63) is 50.4 Å². The van der Waals surface area contributed by atoms with Gasteiger partial charge >= 0.3 is 6.18 Å². The Kier molecular flexibility index (Phi) is 5.63. The lowest BCUT2D eigenvalue weighted by molar-refractivity contribution is -0.142. The van der Waals surface area contributed by atoms with Crippen LogP contribution >= 0.6 is 22.9 Å². The van der Waals surface area contributed by atoms with E-state index in [0.717, 1.165) is 17.4 Å². The molecule has 0 unspecified atom stereocenters. The van der Waals surface area contributed by atoms with Crippen molar-refractivity contribution in [3.63, 3.8) is 0 Å². The molecule has 36 heavy (non-hydrogen) atoms. The fourth-order valence-electron chi connectivity index (χ4n) is 3.90. The average Bonchev–Trinajstić information content (AvgIpc) is 3.50. The number of fused-ring (bicyclic) bond motifs is 2. The SMILES string of the molecule is Cc1cc(C(F)(F)F)n2nc(C(=O)Nc3c(C(N)=O)sc4nc(C(F)F)cc(C5CC5)c34)c(Cl)c2n1. The second-order valence-electron chi connectivity index (χ2n) is 8.19. The summed E-state index contributed by atoms with van der Waals surface area (Å²) in [6.45, 7) is 1.33. The van der Waals surface area contributed by atoms with Crippen LogP contribution in [-0.2, 0) is 6.18 Å². The van der Waals surface area contributed by atoms with Gasteiger partial charge in [-0.3, -0.25) is 9.59 Å². The van der Waals surface area contributed by atoms with E-state index in [1.54, 1.807) is 0 Å². The van der Waals surface area contributed by atoms with Crippen LogP contribution in [0.1, 0.15) is 68.0 Å². The number of nitrogens with zero attached hydrogens (tertiary/aromatic N) is 4. The number of alkyl halides is 5. The molecule has 0 spiro atoms. The molecule has 5 rings (SSSR count). The summed E-state index contributed by atoms with van der Waals surface area (Å²) in [6, 6.07) is 1.97. The molecule has 1 aliphatic rings. The molecule has 8 nitrogen and oxygen atoms in total. The number of carbonyl (C=O) groups excluding carboxylic acids is 2. The molecule has 4 aromatic heterocycles. The summed E-state index contributed by atoms with van der Waals surface area (Å²) in [5, 5.41) is 6.00. The zero-order valence-electron chi connectivity index (χ0n) is 18.1. The van der Waals surface area contributed by atoms with Crippen molar-refractivity contribution >= 4 is 56.3 Å². The molecule has 1 fully saturated rings. The van der Waals surface area contributed by atoms with Crippen molar-refractivity contribution in [1.29, 1.82) is 0 Å². The summed E-state index contributed by atoms with van der Waals surface area (Å²) in [4.78, 5) is 33.1. The van der Waals surface area contributed by atoms with E-state index in [2.05, 4.69) is 20.4 Å².